The summed E-state index contributed by atoms with van der Waals surface area (Å²) in [4.78, 5) is 27.8. The number of hydrogen-bond donors (Lipinski definition) is 1. The minimum atomic E-state index is -0.553. The molecule has 0 heterocycles. The van der Waals surface area contributed by atoms with Crippen molar-refractivity contribution >= 4 is 35.0 Å². The summed E-state index contributed by atoms with van der Waals surface area (Å²) >= 11 is 12.2. The highest BCUT2D eigenvalue weighted by molar-refractivity contribution is 6.35. The van der Waals surface area contributed by atoms with Gasteiger partial charge in [0.2, 0.25) is 11.8 Å². The molecule has 0 aliphatic rings. The van der Waals surface area contributed by atoms with Crippen LogP contribution < -0.4 is 5.32 Å². The lowest BCUT2D eigenvalue weighted by atomic mass is 10.1. The van der Waals surface area contributed by atoms with Gasteiger partial charge in [-0.05, 0) is 43.0 Å². The van der Waals surface area contributed by atoms with Crippen molar-refractivity contribution in [1.82, 2.24) is 10.2 Å². The molecule has 0 bridgehead atoms. The van der Waals surface area contributed by atoms with E-state index >= 15 is 0 Å². The summed E-state index contributed by atoms with van der Waals surface area (Å²) in [5, 5.41) is 3.98. The van der Waals surface area contributed by atoms with Gasteiger partial charge in [0.1, 0.15) is 6.04 Å². The van der Waals surface area contributed by atoms with E-state index in [2.05, 4.69) is 5.32 Å². The number of halogens is 2. The molecule has 0 spiro atoms. The molecule has 4 nitrogen and oxygen atoms in total. The third-order valence-corrected chi connectivity index (χ3v) is 5.53. The zero-order chi connectivity index (χ0) is 21.4. The molecule has 0 fully saturated rings. The Labute approximate surface area is 183 Å². The SMILES string of the molecule is CC[C@@H](C)NC(=O)[C@@H](CC)N(Cc1ccccc1)C(=O)Cc1ccc(Cl)cc1Cl. The molecule has 0 saturated carbocycles. The van der Waals surface area contributed by atoms with E-state index < -0.39 is 6.04 Å². The van der Waals surface area contributed by atoms with Crippen molar-refractivity contribution in [2.45, 2.75) is 58.7 Å². The molecule has 29 heavy (non-hydrogen) atoms. The quantitative estimate of drug-likeness (QED) is 0.584. The summed E-state index contributed by atoms with van der Waals surface area (Å²) in [6.45, 7) is 6.25. The van der Waals surface area contributed by atoms with Crippen molar-refractivity contribution in [1.29, 1.82) is 0 Å². The third kappa shape index (κ3) is 6.76. The van der Waals surface area contributed by atoms with Crippen LogP contribution in [0.15, 0.2) is 48.5 Å². The molecule has 0 saturated heterocycles. The van der Waals surface area contributed by atoms with Crippen LogP contribution in [0.5, 0.6) is 0 Å². The number of benzene rings is 2. The highest BCUT2D eigenvalue weighted by atomic mass is 35.5. The van der Waals surface area contributed by atoms with E-state index in [4.69, 9.17) is 23.2 Å². The first-order chi connectivity index (χ1) is 13.8. The molecule has 0 unspecified atom stereocenters. The average Bonchev–Trinajstić information content (AvgIpc) is 2.70. The number of hydrogen-bond acceptors (Lipinski definition) is 2. The van der Waals surface area contributed by atoms with E-state index in [0.717, 1.165) is 12.0 Å². The van der Waals surface area contributed by atoms with Crippen LogP contribution in [-0.4, -0.2) is 28.8 Å². The van der Waals surface area contributed by atoms with Crippen LogP contribution in [-0.2, 0) is 22.6 Å². The minimum Gasteiger partial charge on any atom is -0.352 e. The Kier molecular flexibility index (Phi) is 8.99. The minimum absolute atomic E-state index is 0.0518. The fraction of sp³-hybridized carbons (Fsp3) is 0.391. The fourth-order valence-electron chi connectivity index (χ4n) is 3.07. The number of nitrogens with zero attached hydrogens (tertiary/aromatic N) is 1. The van der Waals surface area contributed by atoms with Crippen molar-refractivity contribution < 1.29 is 9.59 Å². The second kappa shape index (κ2) is 11.2. The summed E-state index contributed by atoms with van der Waals surface area (Å²) in [6.07, 6.45) is 1.46. The normalized spacial score (nSPS) is 12.9. The maximum Gasteiger partial charge on any atom is 0.243 e. The van der Waals surface area contributed by atoms with Crippen LogP contribution in [0.3, 0.4) is 0 Å². The van der Waals surface area contributed by atoms with Gasteiger partial charge in [-0.3, -0.25) is 9.59 Å². The first-order valence-corrected chi connectivity index (χ1v) is 10.7. The van der Waals surface area contributed by atoms with Gasteiger partial charge in [-0.15, -0.1) is 0 Å². The molecule has 0 radical (unpaired) electrons. The van der Waals surface area contributed by atoms with E-state index in [0.29, 0.717) is 28.6 Å². The molecule has 6 heteroatoms. The van der Waals surface area contributed by atoms with Crippen LogP contribution in [0, 0.1) is 0 Å². The van der Waals surface area contributed by atoms with Gasteiger partial charge < -0.3 is 10.2 Å². The predicted octanol–water partition coefficient (Wildman–Crippen LogP) is 5.26. The average molecular weight is 435 g/mol. The van der Waals surface area contributed by atoms with Crippen molar-refractivity contribution in [3.63, 3.8) is 0 Å². The molecule has 1 N–H and O–H groups in total. The molecule has 0 aliphatic heterocycles. The standard InChI is InChI=1S/C23H28Cl2N2O2/c1-4-16(3)26-23(29)21(5-2)27(15-17-9-7-6-8-10-17)22(28)13-18-11-12-19(24)14-20(18)25/h6-12,14,16,21H,4-5,13,15H2,1-3H3,(H,26,29)/t16-,21-/m1/s1. The molecular formula is C23H28Cl2N2O2. The summed E-state index contributed by atoms with van der Waals surface area (Å²) in [5.41, 5.74) is 1.66. The Morgan fingerprint density at radius 2 is 1.72 bits per heavy atom. The largest absolute Gasteiger partial charge is 0.352 e. The second-order valence-corrected chi connectivity index (χ2v) is 8.01. The number of rotatable bonds is 9. The smallest absolute Gasteiger partial charge is 0.243 e. The molecule has 0 aromatic heterocycles. The molecule has 2 aromatic carbocycles. The number of carbonyl (C=O) groups excluding carboxylic acids is 2. The van der Waals surface area contributed by atoms with E-state index in [1.165, 1.54) is 0 Å². The lowest BCUT2D eigenvalue weighted by Crippen LogP contribution is -2.51. The highest BCUT2D eigenvalue weighted by Crippen LogP contribution is 2.23. The fourth-order valence-corrected chi connectivity index (χ4v) is 3.55. The van der Waals surface area contributed by atoms with E-state index in [1.807, 2.05) is 51.1 Å². The molecule has 2 amide bonds. The third-order valence-electron chi connectivity index (χ3n) is 4.94. The van der Waals surface area contributed by atoms with Gasteiger partial charge >= 0.3 is 0 Å². The van der Waals surface area contributed by atoms with Gasteiger partial charge in [0.05, 0.1) is 6.42 Å². The second-order valence-electron chi connectivity index (χ2n) is 7.16. The number of nitrogens with one attached hydrogen (secondary N) is 1. The Morgan fingerprint density at radius 3 is 2.31 bits per heavy atom. The van der Waals surface area contributed by atoms with Crippen LogP contribution in [0.25, 0.3) is 0 Å². The summed E-state index contributed by atoms with van der Waals surface area (Å²) in [6, 6.07) is 14.3. The summed E-state index contributed by atoms with van der Waals surface area (Å²) < 4.78 is 0. The van der Waals surface area contributed by atoms with Crippen molar-refractivity contribution in [3.05, 3.63) is 69.7 Å². The van der Waals surface area contributed by atoms with Crippen molar-refractivity contribution in [2.24, 2.45) is 0 Å². The van der Waals surface area contributed by atoms with Gasteiger partial charge in [-0.25, -0.2) is 0 Å². The van der Waals surface area contributed by atoms with Gasteiger partial charge in [0.15, 0.2) is 0 Å². The Hall–Kier alpha value is -2.04. The lowest BCUT2D eigenvalue weighted by molar-refractivity contribution is -0.141. The van der Waals surface area contributed by atoms with Crippen molar-refractivity contribution in [2.75, 3.05) is 0 Å². The molecule has 2 rings (SSSR count). The van der Waals surface area contributed by atoms with E-state index in [-0.39, 0.29) is 24.3 Å². The van der Waals surface area contributed by atoms with Crippen LogP contribution in [0.4, 0.5) is 0 Å². The van der Waals surface area contributed by atoms with Gasteiger partial charge in [0.25, 0.3) is 0 Å². The Bertz CT molecular complexity index is 827. The summed E-state index contributed by atoms with van der Waals surface area (Å²) in [7, 11) is 0. The number of carbonyl (C=O) groups is 2. The maximum absolute atomic E-state index is 13.3. The number of amides is 2. The van der Waals surface area contributed by atoms with Crippen molar-refractivity contribution in [3.8, 4) is 0 Å². The maximum atomic E-state index is 13.3. The topological polar surface area (TPSA) is 49.4 Å². The Balaban J connectivity index is 2.29. The van der Waals surface area contributed by atoms with Crippen LogP contribution >= 0.6 is 23.2 Å². The van der Waals surface area contributed by atoms with E-state index in [1.54, 1.807) is 23.1 Å². The molecular weight excluding hydrogens is 407 g/mol. The first kappa shape index (κ1) is 23.2. The predicted molar refractivity (Wildman–Crippen MR) is 119 cm³/mol. The van der Waals surface area contributed by atoms with Gasteiger partial charge in [0, 0.05) is 22.6 Å². The summed E-state index contributed by atoms with van der Waals surface area (Å²) in [5.74, 6) is -0.280. The monoisotopic (exact) mass is 434 g/mol. The lowest BCUT2D eigenvalue weighted by Gasteiger charge is -2.31. The molecule has 156 valence electrons. The highest BCUT2D eigenvalue weighted by Gasteiger charge is 2.29. The molecule has 2 aromatic rings. The van der Waals surface area contributed by atoms with Gasteiger partial charge in [-0.2, -0.15) is 0 Å². The first-order valence-electron chi connectivity index (χ1n) is 9.93. The molecule has 2 atom stereocenters. The van der Waals surface area contributed by atoms with E-state index in [9.17, 15) is 9.59 Å². The zero-order valence-electron chi connectivity index (χ0n) is 17.1. The molecule has 0 aliphatic carbocycles. The zero-order valence-corrected chi connectivity index (χ0v) is 18.6. The Morgan fingerprint density at radius 1 is 1.03 bits per heavy atom. The van der Waals surface area contributed by atoms with Gasteiger partial charge in [-0.1, -0.05) is 73.4 Å². The van der Waals surface area contributed by atoms with Crippen LogP contribution in [0.2, 0.25) is 10.0 Å². The van der Waals surface area contributed by atoms with Crippen LogP contribution in [0.1, 0.15) is 44.7 Å².